The highest BCUT2D eigenvalue weighted by atomic mass is 35.5. The number of nitrogens with zero attached hydrogens (tertiary/aromatic N) is 1. The molecule has 0 bridgehead atoms. The summed E-state index contributed by atoms with van der Waals surface area (Å²) in [5.74, 6) is -0.403. The van der Waals surface area contributed by atoms with E-state index in [0.717, 1.165) is 25.1 Å². The van der Waals surface area contributed by atoms with Gasteiger partial charge in [0.1, 0.15) is 5.82 Å². The Hall–Kier alpha value is -0.800. The van der Waals surface area contributed by atoms with Crippen molar-refractivity contribution in [2.24, 2.45) is 0 Å². The van der Waals surface area contributed by atoms with E-state index in [4.69, 9.17) is 11.6 Å². The third kappa shape index (κ3) is 2.08. The fourth-order valence-corrected chi connectivity index (χ4v) is 2.20. The van der Waals surface area contributed by atoms with Crippen LogP contribution < -0.4 is 4.90 Å². The fraction of sp³-hybridized carbons (Fsp3) is 0.455. The number of aliphatic hydroxyl groups excluding tert-OH is 1. The molecule has 1 atom stereocenters. The van der Waals surface area contributed by atoms with Crippen molar-refractivity contribution < 1.29 is 9.50 Å². The quantitative estimate of drug-likeness (QED) is 0.842. The highest BCUT2D eigenvalue weighted by Gasteiger charge is 2.24. The summed E-state index contributed by atoms with van der Waals surface area (Å²) in [5.41, 5.74) is 0.887. The van der Waals surface area contributed by atoms with Crippen molar-refractivity contribution in [1.82, 2.24) is 0 Å². The lowest BCUT2D eigenvalue weighted by Crippen LogP contribution is -2.31. The molecule has 2 rings (SSSR count). The third-order valence-electron chi connectivity index (χ3n) is 2.82. The number of aliphatic hydroxyl groups is 1. The molecule has 1 fully saturated rings. The topological polar surface area (TPSA) is 23.5 Å². The maximum atomic E-state index is 13.0. The van der Waals surface area contributed by atoms with Gasteiger partial charge in [0.15, 0.2) is 0 Å². The molecule has 1 aliphatic rings. The predicted octanol–water partition coefficient (Wildman–Crippen LogP) is 2.44. The summed E-state index contributed by atoms with van der Waals surface area (Å²) in [6, 6.07) is 4.83. The van der Waals surface area contributed by atoms with Crippen molar-refractivity contribution in [1.29, 1.82) is 0 Å². The molecule has 0 amide bonds. The Kier molecular flexibility index (Phi) is 3.12. The van der Waals surface area contributed by atoms with E-state index in [2.05, 4.69) is 4.90 Å². The molecule has 4 heteroatoms. The summed E-state index contributed by atoms with van der Waals surface area (Å²) < 4.78 is 13.0. The standard InChI is InChI=1S/C11H13ClFNO/c12-10-6-8(3-4-11(10)13)14-5-1-2-9(14)7-15/h3-4,6,9,15H,1-2,5,7H2. The maximum Gasteiger partial charge on any atom is 0.141 e. The summed E-state index contributed by atoms with van der Waals surface area (Å²) >= 11 is 5.72. The molecule has 1 saturated heterocycles. The van der Waals surface area contributed by atoms with Crippen molar-refractivity contribution in [2.75, 3.05) is 18.1 Å². The minimum atomic E-state index is -0.403. The zero-order valence-corrected chi connectivity index (χ0v) is 9.04. The van der Waals surface area contributed by atoms with E-state index < -0.39 is 5.82 Å². The monoisotopic (exact) mass is 229 g/mol. The van der Waals surface area contributed by atoms with E-state index >= 15 is 0 Å². The van der Waals surface area contributed by atoms with Crippen molar-refractivity contribution in [3.8, 4) is 0 Å². The Morgan fingerprint density at radius 2 is 2.33 bits per heavy atom. The Balaban J connectivity index is 2.25. The van der Waals surface area contributed by atoms with Gasteiger partial charge in [-0.1, -0.05) is 11.6 Å². The molecule has 1 aromatic rings. The minimum Gasteiger partial charge on any atom is -0.394 e. The molecular weight excluding hydrogens is 217 g/mol. The van der Waals surface area contributed by atoms with E-state index in [1.165, 1.54) is 6.07 Å². The Morgan fingerprint density at radius 1 is 1.53 bits per heavy atom. The zero-order valence-electron chi connectivity index (χ0n) is 8.29. The Bertz CT molecular complexity index is 358. The number of hydrogen-bond donors (Lipinski definition) is 1. The number of hydrogen-bond acceptors (Lipinski definition) is 2. The lowest BCUT2D eigenvalue weighted by Gasteiger charge is -2.25. The molecule has 82 valence electrons. The summed E-state index contributed by atoms with van der Waals surface area (Å²) in [4.78, 5) is 2.07. The number of rotatable bonds is 2. The van der Waals surface area contributed by atoms with Crippen LogP contribution in [0.2, 0.25) is 5.02 Å². The van der Waals surface area contributed by atoms with Crippen molar-refractivity contribution in [2.45, 2.75) is 18.9 Å². The first-order valence-electron chi connectivity index (χ1n) is 5.05. The largest absolute Gasteiger partial charge is 0.394 e. The second-order valence-corrected chi connectivity index (χ2v) is 4.18. The lowest BCUT2D eigenvalue weighted by molar-refractivity contribution is 0.266. The van der Waals surface area contributed by atoms with Gasteiger partial charge in [-0.2, -0.15) is 0 Å². The van der Waals surface area contributed by atoms with Gasteiger partial charge in [-0.15, -0.1) is 0 Å². The van der Waals surface area contributed by atoms with Gasteiger partial charge < -0.3 is 10.0 Å². The molecule has 0 saturated carbocycles. The molecule has 0 aromatic heterocycles. The van der Waals surface area contributed by atoms with E-state index in [1.54, 1.807) is 12.1 Å². The Morgan fingerprint density at radius 3 is 3.00 bits per heavy atom. The summed E-state index contributed by atoms with van der Waals surface area (Å²) in [6.07, 6.45) is 2.03. The van der Waals surface area contributed by atoms with Gasteiger partial charge in [-0.25, -0.2) is 4.39 Å². The van der Waals surface area contributed by atoms with Gasteiger partial charge in [0.05, 0.1) is 17.7 Å². The maximum absolute atomic E-state index is 13.0. The van der Waals surface area contributed by atoms with Crippen LogP contribution in [0, 0.1) is 5.82 Å². The first-order chi connectivity index (χ1) is 7.22. The molecule has 0 radical (unpaired) electrons. The van der Waals surface area contributed by atoms with Gasteiger partial charge in [0.2, 0.25) is 0 Å². The summed E-state index contributed by atoms with van der Waals surface area (Å²) in [5, 5.41) is 9.31. The zero-order chi connectivity index (χ0) is 10.8. The van der Waals surface area contributed by atoms with Crippen LogP contribution in [0.25, 0.3) is 0 Å². The smallest absolute Gasteiger partial charge is 0.141 e. The van der Waals surface area contributed by atoms with Crippen molar-refractivity contribution >= 4 is 17.3 Å². The van der Waals surface area contributed by atoms with Crippen LogP contribution in [0.15, 0.2) is 18.2 Å². The molecule has 1 aliphatic heterocycles. The molecule has 0 spiro atoms. The van der Waals surface area contributed by atoms with Crippen LogP contribution in [0.5, 0.6) is 0 Å². The number of halogens is 2. The number of benzene rings is 1. The SMILES string of the molecule is OCC1CCCN1c1ccc(F)c(Cl)c1. The molecule has 2 nitrogen and oxygen atoms in total. The molecule has 15 heavy (non-hydrogen) atoms. The normalized spacial score (nSPS) is 21.0. The van der Waals surface area contributed by atoms with Crippen molar-refractivity contribution in [3.05, 3.63) is 29.0 Å². The van der Waals surface area contributed by atoms with Gasteiger partial charge in [0, 0.05) is 12.2 Å². The second kappa shape index (κ2) is 4.37. The average Bonchev–Trinajstić information content (AvgIpc) is 2.70. The van der Waals surface area contributed by atoms with E-state index in [9.17, 15) is 9.50 Å². The average molecular weight is 230 g/mol. The highest BCUT2D eigenvalue weighted by molar-refractivity contribution is 6.31. The Labute approximate surface area is 93.3 Å². The first-order valence-corrected chi connectivity index (χ1v) is 5.42. The molecule has 1 unspecified atom stereocenters. The van der Waals surface area contributed by atoms with Crippen LogP contribution in [0.3, 0.4) is 0 Å². The first kappa shape index (κ1) is 10.7. The van der Waals surface area contributed by atoms with Crippen LogP contribution in [0.4, 0.5) is 10.1 Å². The highest BCUT2D eigenvalue weighted by Crippen LogP contribution is 2.28. The van der Waals surface area contributed by atoms with E-state index in [0.29, 0.717) is 0 Å². The van der Waals surface area contributed by atoms with Crippen LogP contribution >= 0.6 is 11.6 Å². The molecule has 1 N–H and O–H groups in total. The minimum absolute atomic E-state index is 0.134. The number of anilines is 1. The molecule has 1 aromatic carbocycles. The summed E-state index contributed by atoms with van der Waals surface area (Å²) in [6.45, 7) is 1.03. The van der Waals surface area contributed by atoms with Crippen molar-refractivity contribution in [3.63, 3.8) is 0 Å². The fourth-order valence-electron chi connectivity index (χ4n) is 2.03. The van der Waals surface area contributed by atoms with E-state index in [-0.39, 0.29) is 17.7 Å². The lowest BCUT2D eigenvalue weighted by atomic mass is 10.2. The van der Waals surface area contributed by atoms with Gasteiger partial charge >= 0.3 is 0 Å². The van der Waals surface area contributed by atoms with Gasteiger partial charge in [-0.3, -0.25) is 0 Å². The van der Waals surface area contributed by atoms with Crippen LogP contribution in [-0.4, -0.2) is 24.3 Å². The third-order valence-corrected chi connectivity index (χ3v) is 3.11. The summed E-state index contributed by atoms with van der Waals surface area (Å²) in [7, 11) is 0. The predicted molar refractivity (Wildman–Crippen MR) is 58.9 cm³/mol. The molecule has 1 heterocycles. The van der Waals surface area contributed by atoms with E-state index in [1.807, 2.05) is 0 Å². The molecular formula is C11H13ClFNO. The van der Waals surface area contributed by atoms with Crippen LogP contribution in [0.1, 0.15) is 12.8 Å². The van der Waals surface area contributed by atoms with Crippen LogP contribution in [-0.2, 0) is 0 Å². The second-order valence-electron chi connectivity index (χ2n) is 3.77. The van der Waals surface area contributed by atoms with Gasteiger partial charge in [-0.05, 0) is 31.0 Å². The van der Waals surface area contributed by atoms with Gasteiger partial charge in [0.25, 0.3) is 0 Å². The molecule has 0 aliphatic carbocycles.